The smallest absolute Gasteiger partial charge is 0.410 e. The molecule has 3 rings (SSSR count). The average Bonchev–Trinajstić information content (AvgIpc) is 2.81. The molecule has 0 aliphatic carbocycles. The molecule has 6 heteroatoms. The largest absolute Gasteiger partial charge is 0.444 e. The topological polar surface area (TPSA) is 62.7 Å². The first-order chi connectivity index (χ1) is 10.8. The molecule has 0 N–H and O–H groups in total. The number of piperidine rings is 1. The lowest BCUT2D eigenvalue weighted by molar-refractivity contribution is -0.118. The van der Waals surface area contributed by atoms with Crippen LogP contribution in [0.2, 0.25) is 0 Å². The van der Waals surface area contributed by atoms with Gasteiger partial charge < -0.3 is 14.5 Å². The van der Waals surface area contributed by atoms with Crippen molar-refractivity contribution in [2.45, 2.75) is 51.7 Å². The molecule has 1 aromatic rings. The second-order valence-corrected chi connectivity index (χ2v) is 7.11. The number of hydrogen-bond donors (Lipinski definition) is 0. The van der Waals surface area contributed by atoms with Crippen LogP contribution in [0.25, 0.3) is 0 Å². The molecule has 0 spiro atoms. The Labute approximate surface area is 136 Å². The number of pyridine rings is 1. The van der Waals surface area contributed by atoms with Gasteiger partial charge in [0.15, 0.2) is 0 Å². The van der Waals surface area contributed by atoms with E-state index in [1.807, 2.05) is 37.8 Å². The molecule has 1 aromatic heterocycles. The van der Waals surface area contributed by atoms with Gasteiger partial charge in [0, 0.05) is 25.3 Å². The number of rotatable bonds is 1. The van der Waals surface area contributed by atoms with E-state index in [-0.39, 0.29) is 18.0 Å². The molecule has 1 saturated heterocycles. The number of carbonyl (C=O) groups excluding carboxylic acids is 2. The molecule has 0 atom stereocenters. The minimum atomic E-state index is -0.483. The maximum Gasteiger partial charge on any atom is 0.410 e. The number of carbonyl (C=O) groups is 2. The lowest BCUT2D eigenvalue weighted by Gasteiger charge is -2.37. The molecule has 0 unspecified atom stereocenters. The van der Waals surface area contributed by atoms with Gasteiger partial charge in [-0.1, -0.05) is 0 Å². The molecule has 23 heavy (non-hydrogen) atoms. The number of nitrogens with zero attached hydrogens (tertiary/aromatic N) is 3. The van der Waals surface area contributed by atoms with E-state index in [0.29, 0.717) is 19.5 Å². The van der Waals surface area contributed by atoms with Crippen LogP contribution >= 0.6 is 0 Å². The molecule has 3 heterocycles. The van der Waals surface area contributed by atoms with Crippen LogP contribution in [0.1, 0.15) is 39.3 Å². The van der Waals surface area contributed by atoms with Crippen LogP contribution in [0, 0.1) is 0 Å². The van der Waals surface area contributed by atoms with Gasteiger partial charge >= 0.3 is 6.09 Å². The predicted octanol–water partition coefficient (Wildman–Crippen LogP) is 2.37. The second-order valence-electron chi connectivity index (χ2n) is 7.11. The van der Waals surface area contributed by atoms with Crippen LogP contribution in [0.5, 0.6) is 0 Å². The lowest BCUT2D eigenvalue weighted by Crippen LogP contribution is -2.49. The number of aromatic nitrogens is 1. The summed E-state index contributed by atoms with van der Waals surface area (Å²) in [5.74, 6) is 0.106. The highest BCUT2D eigenvalue weighted by Gasteiger charge is 2.36. The zero-order valence-electron chi connectivity index (χ0n) is 13.9. The Morgan fingerprint density at radius 3 is 2.65 bits per heavy atom. The summed E-state index contributed by atoms with van der Waals surface area (Å²) in [5.41, 5.74) is 1.30. The highest BCUT2D eigenvalue weighted by atomic mass is 16.6. The van der Waals surface area contributed by atoms with E-state index in [0.717, 1.165) is 24.2 Å². The Bertz CT molecular complexity index is 616. The fourth-order valence-electron chi connectivity index (χ4n) is 3.18. The number of amides is 2. The molecule has 2 amide bonds. The highest BCUT2D eigenvalue weighted by molar-refractivity contribution is 6.01. The molecule has 2 aliphatic rings. The van der Waals surface area contributed by atoms with E-state index in [1.165, 1.54) is 0 Å². The average molecular weight is 317 g/mol. The summed E-state index contributed by atoms with van der Waals surface area (Å²) in [6, 6.07) is 3.94. The monoisotopic (exact) mass is 317 g/mol. The van der Waals surface area contributed by atoms with Gasteiger partial charge in [0.05, 0.1) is 17.8 Å². The molecule has 0 saturated carbocycles. The van der Waals surface area contributed by atoms with Gasteiger partial charge in [-0.25, -0.2) is 4.79 Å². The van der Waals surface area contributed by atoms with Crippen LogP contribution in [0.3, 0.4) is 0 Å². The molecular weight excluding hydrogens is 294 g/mol. The summed E-state index contributed by atoms with van der Waals surface area (Å²) in [6.07, 6.45) is 3.35. The summed E-state index contributed by atoms with van der Waals surface area (Å²) >= 11 is 0. The van der Waals surface area contributed by atoms with Gasteiger partial charge in [-0.15, -0.1) is 0 Å². The number of ether oxygens (including phenoxy) is 1. The summed E-state index contributed by atoms with van der Waals surface area (Å²) in [6.45, 7) is 6.82. The first-order valence-corrected chi connectivity index (χ1v) is 8.09. The van der Waals surface area contributed by atoms with Gasteiger partial charge in [0.2, 0.25) is 5.91 Å². The van der Waals surface area contributed by atoms with Crippen molar-refractivity contribution in [3.05, 3.63) is 24.0 Å². The van der Waals surface area contributed by atoms with Crippen LogP contribution in [-0.2, 0) is 16.0 Å². The number of hydrogen-bond acceptors (Lipinski definition) is 4. The number of fused-ring (bicyclic) bond motifs is 1. The quantitative estimate of drug-likeness (QED) is 0.798. The molecule has 6 nitrogen and oxygen atoms in total. The second kappa shape index (κ2) is 5.83. The van der Waals surface area contributed by atoms with Crippen molar-refractivity contribution in [1.82, 2.24) is 9.88 Å². The fourth-order valence-corrected chi connectivity index (χ4v) is 3.18. The fraction of sp³-hybridized carbons (Fsp3) is 0.588. The van der Waals surface area contributed by atoms with Crippen LogP contribution in [0.4, 0.5) is 10.5 Å². The first-order valence-electron chi connectivity index (χ1n) is 8.09. The van der Waals surface area contributed by atoms with Crippen molar-refractivity contribution in [3.63, 3.8) is 0 Å². The molecule has 0 radical (unpaired) electrons. The third kappa shape index (κ3) is 3.30. The Morgan fingerprint density at radius 1 is 1.30 bits per heavy atom. The van der Waals surface area contributed by atoms with E-state index in [9.17, 15) is 9.59 Å². The Kier molecular flexibility index (Phi) is 4.00. The third-order valence-electron chi connectivity index (χ3n) is 4.19. The molecule has 0 aromatic carbocycles. The number of anilines is 1. The Hall–Kier alpha value is -2.11. The van der Waals surface area contributed by atoms with Crippen molar-refractivity contribution in [1.29, 1.82) is 0 Å². The van der Waals surface area contributed by atoms with E-state index in [1.54, 1.807) is 11.1 Å². The summed E-state index contributed by atoms with van der Waals surface area (Å²) < 4.78 is 5.41. The summed E-state index contributed by atoms with van der Waals surface area (Å²) in [4.78, 5) is 32.3. The molecular formula is C17H23N3O3. The standard InChI is InChI=1S/C17H23N3O3/c1-17(2,3)23-16(22)19-9-6-12(7-10-19)20-14-5-4-8-18-13(14)11-15(20)21/h4-5,8,12H,6-7,9-11H2,1-3H3. The highest BCUT2D eigenvalue weighted by Crippen LogP contribution is 2.32. The first kappa shape index (κ1) is 15.8. The van der Waals surface area contributed by atoms with Crippen LogP contribution < -0.4 is 4.90 Å². The van der Waals surface area contributed by atoms with Crippen molar-refractivity contribution in [2.75, 3.05) is 18.0 Å². The zero-order valence-corrected chi connectivity index (χ0v) is 13.9. The summed E-state index contributed by atoms with van der Waals surface area (Å²) in [7, 11) is 0. The minimum absolute atomic E-state index is 0.106. The van der Waals surface area contributed by atoms with Crippen molar-refractivity contribution in [3.8, 4) is 0 Å². The predicted molar refractivity (Wildman–Crippen MR) is 86.3 cm³/mol. The van der Waals surface area contributed by atoms with Crippen molar-refractivity contribution >= 4 is 17.7 Å². The van der Waals surface area contributed by atoms with Crippen LogP contribution in [-0.4, -0.2) is 46.6 Å². The zero-order chi connectivity index (χ0) is 16.6. The van der Waals surface area contributed by atoms with E-state index < -0.39 is 5.60 Å². The minimum Gasteiger partial charge on any atom is -0.444 e. The van der Waals surface area contributed by atoms with Gasteiger partial charge in [0.1, 0.15) is 5.60 Å². The van der Waals surface area contributed by atoms with Gasteiger partial charge in [-0.3, -0.25) is 9.78 Å². The Balaban J connectivity index is 1.64. The maximum atomic E-state index is 12.3. The lowest BCUT2D eigenvalue weighted by atomic mass is 10.0. The van der Waals surface area contributed by atoms with Gasteiger partial charge in [0.25, 0.3) is 0 Å². The van der Waals surface area contributed by atoms with Gasteiger partial charge in [-0.05, 0) is 45.7 Å². The van der Waals surface area contributed by atoms with E-state index in [4.69, 9.17) is 4.74 Å². The SMILES string of the molecule is CC(C)(C)OC(=O)N1CCC(N2C(=O)Cc3ncccc32)CC1. The maximum absolute atomic E-state index is 12.3. The molecule has 2 aliphatic heterocycles. The van der Waals surface area contributed by atoms with Crippen molar-refractivity contribution < 1.29 is 14.3 Å². The molecule has 124 valence electrons. The third-order valence-corrected chi connectivity index (χ3v) is 4.19. The Morgan fingerprint density at radius 2 is 2.00 bits per heavy atom. The summed E-state index contributed by atoms with van der Waals surface area (Å²) in [5, 5.41) is 0. The van der Waals surface area contributed by atoms with Crippen molar-refractivity contribution in [2.24, 2.45) is 0 Å². The van der Waals surface area contributed by atoms with Gasteiger partial charge in [-0.2, -0.15) is 0 Å². The normalized spacial score (nSPS) is 19.0. The molecule has 0 bridgehead atoms. The number of likely N-dealkylation sites (tertiary alicyclic amines) is 1. The van der Waals surface area contributed by atoms with E-state index >= 15 is 0 Å². The van der Waals surface area contributed by atoms with E-state index in [2.05, 4.69) is 4.98 Å². The molecule has 1 fully saturated rings. The van der Waals surface area contributed by atoms with Crippen LogP contribution in [0.15, 0.2) is 18.3 Å².